The summed E-state index contributed by atoms with van der Waals surface area (Å²) < 4.78 is 0. The number of benzene rings is 1. The van der Waals surface area contributed by atoms with Crippen LogP contribution in [-0.2, 0) is 21.1 Å². The summed E-state index contributed by atoms with van der Waals surface area (Å²) in [5.41, 5.74) is 1.14. The van der Waals surface area contributed by atoms with Gasteiger partial charge in [-0.2, -0.15) is 6.08 Å². The van der Waals surface area contributed by atoms with Crippen molar-refractivity contribution in [1.82, 2.24) is 4.98 Å². The Kier molecular flexibility index (Phi) is 3.91. The van der Waals surface area contributed by atoms with Crippen LogP contribution in [0.4, 0.5) is 0 Å². The van der Waals surface area contributed by atoms with E-state index in [0.717, 1.165) is 12.1 Å². The minimum Gasteiger partial charge on any atom is -0.266 e. The van der Waals surface area contributed by atoms with Crippen molar-refractivity contribution >= 4 is 10.8 Å². The topological polar surface area (TPSA) is 12.9 Å². The summed E-state index contributed by atoms with van der Waals surface area (Å²) >= 11 is 0. The van der Waals surface area contributed by atoms with Crippen LogP contribution in [0.15, 0.2) is 54.8 Å². The van der Waals surface area contributed by atoms with Gasteiger partial charge in [0.2, 0.25) is 0 Å². The van der Waals surface area contributed by atoms with Crippen molar-refractivity contribution in [3.05, 3.63) is 66.5 Å². The molecule has 0 fully saturated rings. The molecule has 88 valence electrons. The fraction of sp³-hybridized carbons (Fsp3) is 0.133. The van der Waals surface area contributed by atoms with Crippen LogP contribution >= 0.6 is 0 Å². The number of pyridine rings is 1. The average Bonchev–Trinajstić information content (AvgIpc) is 2.39. The molecular formula is C15H12NPt-. The molecule has 1 heterocycles. The predicted octanol–water partition coefficient (Wildman–Crippen LogP) is 3.64. The molecular weight excluding hydrogens is 389 g/mol. The molecule has 1 aromatic carbocycles. The Morgan fingerprint density at radius 2 is 2.06 bits per heavy atom. The van der Waals surface area contributed by atoms with E-state index in [1.165, 1.54) is 10.8 Å². The number of hydrogen-bond donors (Lipinski definition) is 0. The largest absolute Gasteiger partial charge is 0.266 e. The second-order valence-electron chi connectivity index (χ2n) is 3.97. The average molecular weight is 401 g/mol. The third-order valence-electron chi connectivity index (χ3n) is 2.94. The Hall–Kier alpha value is -1.20. The first-order chi connectivity index (χ1) is 7.95. The van der Waals surface area contributed by atoms with E-state index in [4.69, 9.17) is 0 Å². The Morgan fingerprint density at radius 1 is 1.18 bits per heavy atom. The zero-order chi connectivity index (χ0) is 10.8. The molecule has 0 radical (unpaired) electrons. The first-order valence-corrected chi connectivity index (χ1v) is 5.53. The zero-order valence-electron chi connectivity index (χ0n) is 9.24. The normalized spacial score (nSPS) is 18.0. The van der Waals surface area contributed by atoms with Crippen LogP contribution in [0, 0.1) is 6.08 Å². The molecule has 17 heavy (non-hydrogen) atoms. The van der Waals surface area contributed by atoms with Gasteiger partial charge in [-0.3, -0.25) is 11.1 Å². The molecule has 2 heteroatoms. The van der Waals surface area contributed by atoms with E-state index >= 15 is 0 Å². The maximum Gasteiger partial charge on any atom is 0.0377 e. The van der Waals surface area contributed by atoms with Crippen molar-refractivity contribution in [2.45, 2.75) is 12.3 Å². The van der Waals surface area contributed by atoms with Crippen LogP contribution in [0.25, 0.3) is 10.8 Å². The monoisotopic (exact) mass is 401 g/mol. The van der Waals surface area contributed by atoms with Crippen LogP contribution in [0.5, 0.6) is 0 Å². The SMILES string of the molecule is [C-]1=CC=CCC1c1nccc2ccccc12.[Pt]. The molecule has 2 aromatic rings. The summed E-state index contributed by atoms with van der Waals surface area (Å²) in [6, 6.07) is 10.4. The molecule has 1 aliphatic carbocycles. The van der Waals surface area contributed by atoms with E-state index in [-0.39, 0.29) is 21.1 Å². The maximum absolute atomic E-state index is 4.51. The fourth-order valence-corrected chi connectivity index (χ4v) is 2.13. The number of hydrogen-bond acceptors (Lipinski definition) is 1. The minimum absolute atomic E-state index is 0. The van der Waals surface area contributed by atoms with Crippen LogP contribution in [0.2, 0.25) is 0 Å². The molecule has 0 amide bonds. The summed E-state index contributed by atoms with van der Waals surface area (Å²) in [5, 5.41) is 2.50. The van der Waals surface area contributed by atoms with E-state index in [1.807, 2.05) is 18.3 Å². The summed E-state index contributed by atoms with van der Waals surface area (Å²) in [4.78, 5) is 4.51. The van der Waals surface area contributed by atoms with E-state index < -0.39 is 0 Å². The van der Waals surface area contributed by atoms with Crippen molar-refractivity contribution in [3.63, 3.8) is 0 Å². The van der Waals surface area contributed by atoms with Gasteiger partial charge in [-0.1, -0.05) is 36.6 Å². The Balaban J connectivity index is 0.00000108. The molecule has 0 spiro atoms. The van der Waals surface area contributed by atoms with Crippen LogP contribution in [0.1, 0.15) is 18.0 Å². The number of rotatable bonds is 1. The van der Waals surface area contributed by atoms with Crippen molar-refractivity contribution in [1.29, 1.82) is 0 Å². The van der Waals surface area contributed by atoms with E-state index in [2.05, 4.69) is 47.5 Å². The van der Waals surface area contributed by atoms with E-state index in [9.17, 15) is 0 Å². The van der Waals surface area contributed by atoms with Gasteiger partial charge < -0.3 is 0 Å². The van der Waals surface area contributed by atoms with Gasteiger partial charge in [-0.05, 0) is 11.5 Å². The van der Waals surface area contributed by atoms with Crippen LogP contribution in [0.3, 0.4) is 0 Å². The maximum atomic E-state index is 4.51. The Morgan fingerprint density at radius 3 is 2.88 bits per heavy atom. The van der Waals surface area contributed by atoms with Crippen LogP contribution in [-0.4, -0.2) is 4.98 Å². The molecule has 3 rings (SSSR count). The van der Waals surface area contributed by atoms with Gasteiger partial charge in [0.15, 0.2) is 0 Å². The molecule has 0 saturated carbocycles. The second-order valence-corrected chi connectivity index (χ2v) is 3.97. The predicted molar refractivity (Wildman–Crippen MR) is 66.1 cm³/mol. The summed E-state index contributed by atoms with van der Waals surface area (Å²) in [5.74, 6) is 0.302. The van der Waals surface area contributed by atoms with E-state index in [0.29, 0.717) is 5.92 Å². The number of nitrogens with zero attached hydrogens (tertiary/aromatic N) is 1. The first-order valence-electron chi connectivity index (χ1n) is 5.53. The van der Waals surface area contributed by atoms with Crippen molar-refractivity contribution < 1.29 is 21.1 Å². The molecule has 0 N–H and O–H groups in total. The quantitative estimate of drug-likeness (QED) is 0.665. The molecule has 1 nitrogen and oxygen atoms in total. The van der Waals surface area contributed by atoms with Crippen molar-refractivity contribution in [2.75, 3.05) is 0 Å². The van der Waals surface area contributed by atoms with Gasteiger partial charge in [0, 0.05) is 38.3 Å². The Bertz CT molecular complexity index is 567. The fourth-order valence-electron chi connectivity index (χ4n) is 2.13. The Labute approximate surface area is 116 Å². The van der Waals surface area contributed by atoms with Gasteiger partial charge >= 0.3 is 0 Å². The molecule has 0 bridgehead atoms. The van der Waals surface area contributed by atoms with Crippen molar-refractivity contribution in [2.24, 2.45) is 0 Å². The van der Waals surface area contributed by atoms with Crippen molar-refractivity contribution in [3.8, 4) is 0 Å². The van der Waals surface area contributed by atoms with Gasteiger partial charge in [0.25, 0.3) is 0 Å². The number of aromatic nitrogens is 1. The first kappa shape index (κ1) is 12.3. The van der Waals surface area contributed by atoms with Crippen LogP contribution < -0.4 is 0 Å². The van der Waals surface area contributed by atoms with Gasteiger partial charge in [-0.25, -0.2) is 12.2 Å². The zero-order valence-corrected chi connectivity index (χ0v) is 11.5. The summed E-state index contributed by atoms with van der Waals surface area (Å²) in [6.07, 6.45) is 12.4. The van der Waals surface area contributed by atoms with Gasteiger partial charge in [0.1, 0.15) is 0 Å². The third-order valence-corrected chi connectivity index (χ3v) is 2.94. The second kappa shape index (κ2) is 5.42. The third kappa shape index (κ3) is 2.40. The standard InChI is InChI=1S/C15H12N.Pt/c1-2-7-13(8-3-1)15-14-9-5-4-6-12(14)10-11-16-15;/h1-6,9-11,13H,7H2;/q-1;. The summed E-state index contributed by atoms with van der Waals surface area (Å²) in [6.45, 7) is 0. The summed E-state index contributed by atoms with van der Waals surface area (Å²) in [7, 11) is 0. The van der Waals surface area contributed by atoms with Gasteiger partial charge in [-0.15, -0.1) is 0 Å². The number of allylic oxidation sites excluding steroid dienone is 4. The molecule has 0 aliphatic heterocycles. The smallest absolute Gasteiger partial charge is 0.0377 e. The molecule has 1 unspecified atom stereocenters. The molecule has 1 aromatic heterocycles. The number of fused-ring (bicyclic) bond motifs is 1. The minimum atomic E-state index is 0. The molecule has 1 atom stereocenters. The van der Waals surface area contributed by atoms with E-state index in [1.54, 1.807) is 0 Å². The van der Waals surface area contributed by atoms with Gasteiger partial charge in [0.05, 0.1) is 0 Å². The molecule has 1 aliphatic rings. The molecule has 0 saturated heterocycles.